The average Bonchev–Trinajstić information content (AvgIpc) is 4.13. The van der Waals surface area contributed by atoms with Gasteiger partial charge in [-0.3, -0.25) is 0 Å². The molecule has 2 unspecified atom stereocenters. The monoisotopic (exact) mass is 972 g/mol. The summed E-state index contributed by atoms with van der Waals surface area (Å²) >= 11 is 0. The maximum atomic E-state index is 2.60. The second-order valence-corrected chi connectivity index (χ2v) is 21.1. The third-order valence-electron chi connectivity index (χ3n) is 16.7. The highest BCUT2D eigenvalue weighted by atomic mass is 15.2. The first-order valence-electron chi connectivity index (χ1n) is 26.7. The van der Waals surface area contributed by atoms with Crippen molar-refractivity contribution in [3.05, 3.63) is 323 Å². The molecule has 0 spiro atoms. The van der Waals surface area contributed by atoms with Crippen molar-refractivity contribution in [3.63, 3.8) is 0 Å². The van der Waals surface area contributed by atoms with Crippen LogP contribution >= 0.6 is 0 Å². The first kappa shape index (κ1) is 45.4. The Kier molecular flexibility index (Phi) is 10.6. The number of hydrogen-bond acceptors (Lipinski definition) is 2. The Morgan fingerprint density at radius 3 is 0.855 bits per heavy atom. The molecule has 12 aromatic carbocycles. The first-order chi connectivity index (χ1) is 37.4. The quantitative estimate of drug-likeness (QED) is 0.142. The standard InChI is InChI=1S/C74H56N2/c1-49-31-39-55(40-32-49)75(56-41-33-50(2)34-42-56)69-47-67-71(61-25-13-11-23-59(61)69)63-27-15-17-29-65(63)73(67,53-19-7-5-8-20-53)74(54-21-9-6-10-22-54)66-30-18-16-28-64(66)72-62-26-14-12-24-60(62)70(48-68(72)74)76(57-43-35-51(3)36-44-57)58-45-37-52(4)38-46-58/h5-48H,1-4H3. The van der Waals surface area contributed by atoms with E-state index in [1.165, 1.54) is 99.4 Å². The maximum Gasteiger partial charge on any atom is 0.0642 e. The fraction of sp³-hybridized carbons (Fsp3) is 0.0811. The number of anilines is 6. The minimum atomic E-state index is -0.869. The van der Waals surface area contributed by atoms with Crippen LogP contribution in [0.3, 0.4) is 0 Å². The maximum absolute atomic E-state index is 2.60. The Morgan fingerprint density at radius 1 is 0.250 bits per heavy atom. The van der Waals surface area contributed by atoms with Crippen molar-refractivity contribution in [3.8, 4) is 22.3 Å². The van der Waals surface area contributed by atoms with Crippen LogP contribution in [0, 0.1) is 27.7 Å². The fourth-order valence-electron chi connectivity index (χ4n) is 13.5. The van der Waals surface area contributed by atoms with Crippen LogP contribution in [-0.2, 0) is 10.8 Å². The molecule has 0 amide bonds. The van der Waals surface area contributed by atoms with Crippen molar-refractivity contribution in [2.24, 2.45) is 0 Å². The number of rotatable bonds is 9. The highest BCUT2D eigenvalue weighted by molar-refractivity contribution is 6.14. The molecule has 2 nitrogen and oxygen atoms in total. The van der Waals surface area contributed by atoms with Crippen LogP contribution in [0.25, 0.3) is 43.8 Å². The number of fused-ring (bicyclic) bond motifs is 10. The number of nitrogens with zero attached hydrogens (tertiary/aromatic N) is 2. The second-order valence-electron chi connectivity index (χ2n) is 21.1. The topological polar surface area (TPSA) is 6.48 Å². The van der Waals surface area contributed by atoms with E-state index in [0.717, 1.165) is 34.1 Å². The second kappa shape index (κ2) is 17.7. The summed E-state index contributed by atoms with van der Waals surface area (Å²) in [6.07, 6.45) is 0. The minimum absolute atomic E-state index is 0.869. The lowest BCUT2D eigenvalue weighted by atomic mass is 9.49. The smallest absolute Gasteiger partial charge is 0.0642 e. The van der Waals surface area contributed by atoms with Crippen LogP contribution in [0.2, 0.25) is 0 Å². The van der Waals surface area contributed by atoms with E-state index in [2.05, 4.69) is 304 Å². The van der Waals surface area contributed by atoms with Crippen molar-refractivity contribution in [2.45, 2.75) is 38.5 Å². The third-order valence-corrected chi connectivity index (χ3v) is 16.7. The van der Waals surface area contributed by atoms with Gasteiger partial charge in [-0.05, 0) is 155 Å². The molecule has 0 heterocycles. The van der Waals surface area contributed by atoms with Crippen LogP contribution < -0.4 is 9.80 Å². The Balaban J connectivity index is 1.21. The van der Waals surface area contributed by atoms with Gasteiger partial charge in [-0.25, -0.2) is 0 Å². The number of benzene rings is 12. The predicted molar refractivity (Wildman–Crippen MR) is 320 cm³/mol. The summed E-state index contributed by atoms with van der Waals surface area (Å²) in [5.41, 5.74) is 22.5. The zero-order valence-electron chi connectivity index (χ0n) is 43.3. The third kappa shape index (κ3) is 6.60. The van der Waals surface area contributed by atoms with Gasteiger partial charge in [0.2, 0.25) is 0 Å². The molecule has 12 aromatic rings. The van der Waals surface area contributed by atoms with E-state index in [-0.39, 0.29) is 0 Å². The highest BCUT2D eigenvalue weighted by Crippen LogP contribution is 2.72. The first-order valence-corrected chi connectivity index (χ1v) is 26.7. The zero-order chi connectivity index (χ0) is 51.1. The lowest BCUT2D eigenvalue weighted by Crippen LogP contribution is -2.50. The largest absolute Gasteiger partial charge is 0.310 e. The van der Waals surface area contributed by atoms with Crippen molar-refractivity contribution < 1.29 is 0 Å². The van der Waals surface area contributed by atoms with Crippen molar-refractivity contribution >= 4 is 55.7 Å². The number of aryl methyl sites for hydroxylation is 4. The van der Waals surface area contributed by atoms with E-state index in [0.29, 0.717) is 0 Å². The number of hydrogen-bond donors (Lipinski definition) is 0. The van der Waals surface area contributed by atoms with Gasteiger partial charge in [0, 0.05) is 33.5 Å². The Hall–Kier alpha value is -9.24. The molecule has 2 aliphatic rings. The van der Waals surface area contributed by atoms with Gasteiger partial charge in [0.1, 0.15) is 0 Å². The van der Waals surface area contributed by atoms with E-state index in [1.807, 2.05) is 0 Å². The van der Waals surface area contributed by atoms with E-state index in [1.54, 1.807) is 0 Å². The van der Waals surface area contributed by atoms with Gasteiger partial charge >= 0.3 is 0 Å². The molecule has 0 saturated carbocycles. The highest BCUT2D eigenvalue weighted by Gasteiger charge is 2.65. The van der Waals surface area contributed by atoms with Gasteiger partial charge in [-0.15, -0.1) is 0 Å². The summed E-state index contributed by atoms with van der Waals surface area (Å²) in [5, 5.41) is 4.84. The van der Waals surface area contributed by atoms with Gasteiger partial charge in [0.05, 0.1) is 22.2 Å². The predicted octanol–water partition coefficient (Wildman–Crippen LogP) is 19.5. The van der Waals surface area contributed by atoms with E-state index >= 15 is 0 Å². The lowest BCUT2D eigenvalue weighted by Gasteiger charge is -2.51. The van der Waals surface area contributed by atoms with Crippen LogP contribution in [0.4, 0.5) is 34.1 Å². The molecule has 76 heavy (non-hydrogen) atoms. The molecule has 0 fully saturated rings. The molecule has 2 heteroatoms. The molecular formula is C74H56N2. The summed E-state index contributed by atoms with van der Waals surface area (Å²) in [7, 11) is 0. The van der Waals surface area contributed by atoms with Crippen LogP contribution in [0.1, 0.15) is 55.6 Å². The fourth-order valence-corrected chi connectivity index (χ4v) is 13.5. The molecule has 362 valence electrons. The normalized spacial score (nSPS) is 16.0. The molecule has 2 aliphatic carbocycles. The van der Waals surface area contributed by atoms with Gasteiger partial charge in [0.25, 0.3) is 0 Å². The Bertz CT molecular complexity index is 3810. The molecule has 0 radical (unpaired) electrons. The van der Waals surface area contributed by atoms with Gasteiger partial charge in [0.15, 0.2) is 0 Å². The van der Waals surface area contributed by atoms with E-state index in [4.69, 9.17) is 0 Å². The molecule has 2 atom stereocenters. The molecule has 14 rings (SSSR count). The van der Waals surface area contributed by atoms with Crippen molar-refractivity contribution in [1.82, 2.24) is 0 Å². The lowest BCUT2D eigenvalue weighted by molar-refractivity contribution is 0.438. The molecule has 0 bridgehead atoms. The van der Waals surface area contributed by atoms with Crippen molar-refractivity contribution in [2.75, 3.05) is 9.80 Å². The molecular weight excluding hydrogens is 917 g/mol. The van der Waals surface area contributed by atoms with Crippen molar-refractivity contribution in [1.29, 1.82) is 0 Å². The van der Waals surface area contributed by atoms with Gasteiger partial charge in [-0.1, -0.05) is 229 Å². The van der Waals surface area contributed by atoms with Gasteiger partial charge < -0.3 is 9.80 Å². The molecule has 0 N–H and O–H groups in total. The summed E-state index contributed by atoms with van der Waals surface area (Å²) in [4.78, 5) is 5.00. The van der Waals surface area contributed by atoms with E-state index < -0.39 is 10.8 Å². The van der Waals surface area contributed by atoms with Crippen LogP contribution in [-0.4, -0.2) is 0 Å². The van der Waals surface area contributed by atoms with Gasteiger partial charge in [-0.2, -0.15) is 0 Å². The molecule has 0 aromatic heterocycles. The molecule has 0 aliphatic heterocycles. The molecule has 0 saturated heterocycles. The summed E-state index contributed by atoms with van der Waals surface area (Å²) in [6, 6.07) is 101. The van der Waals surface area contributed by atoms with Crippen LogP contribution in [0.5, 0.6) is 0 Å². The zero-order valence-corrected chi connectivity index (χ0v) is 43.3. The average molecular weight is 973 g/mol. The SMILES string of the molecule is Cc1ccc(N(c2ccc(C)cc2)c2cc3c(c4ccccc24)-c2ccccc2C3(c2ccccc2)C2(c3ccccc3)c3ccccc3-c3c2cc(N(c2ccc(C)cc2)c2ccc(C)cc2)c2ccccc32)cc1. The summed E-state index contributed by atoms with van der Waals surface area (Å²) in [6.45, 7) is 8.69. The summed E-state index contributed by atoms with van der Waals surface area (Å²) in [5.74, 6) is 0. The minimum Gasteiger partial charge on any atom is -0.310 e. The Labute approximate surface area is 446 Å². The summed E-state index contributed by atoms with van der Waals surface area (Å²) < 4.78 is 0. The van der Waals surface area contributed by atoms with E-state index in [9.17, 15) is 0 Å². The van der Waals surface area contributed by atoms with Crippen LogP contribution in [0.15, 0.2) is 267 Å². The Morgan fingerprint density at radius 2 is 0.526 bits per heavy atom.